The fourth-order valence-electron chi connectivity index (χ4n) is 3.38. The zero-order chi connectivity index (χ0) is 23.4. The maximum atomic E-state index is 12.8. The number of aromatic nitrogens is 1. The van der Waals surface area contributed by atoms with Gasteiger partial charge in [-0.1, -0.05) is 41.7 Å². The molecule has 0 radical (unpaired) electrons. The van der Waals surface area contributed by atoms with Crippen molar-refractivity contribution in [2.24, 2.45) is 0 Å². The van der Waals surface area contributed by atoms with Crippen LogP contribution in [0.4, 0.5) is 15.6 Å². The van der Waals surface area contributed by atoms with E-state index in [4.69, 9.17) is 4.74 Å². The Bertz CT molecular complexity index is 1290. The molecule has 3 aromatic carbocycles. The number of para-hydroxylation sites is 1. The summed E-state index contributed by atoms with van der Waals surface area (Å²) < 4.78 is 5.95. The topological polar surface area (TPSA) is 92.3 Å². The molecule has 0 saturated carbocycles. The highest BCUT2D eigenvalue weighted by Crippen LogP contribution is 2.28. The number of carbonyl (C=O) groups excluding carboxylic acids is 2. The van der Waals surface area contributed by atoms with Gasteiger partial charge in [-0.15, -0.1) is 0 Å². The number of hydrogen-bond acceptors (Lipinski definition) is 5. The molecule has 0 fully saturated rings. The van der Waals surface area contributed by atoms with E-state index in [1.54, 1.807) is 25.3 Å². The summed E-state index contributed by atoms with van der Waals surface area (Å²) in [5.41, 5.74) is 5.04. The van der Waals surface area contributed by atoms with Crippen LogP contribution in [0.1, 0.15) is 27.0 Å². The van der Waals surface area contributed by atoms with Gasteiger partial charge in [0, 0.05) is 17.8 Å². The molecule has 33 heavy (non-hydrogen) atoms. The van der Waals surface area contributed by atoms with Crippen molar-refractivity contribution in [1.82, 2.24) is 10.3 Å². The Morgan fingerprint density at radius 1 is 0.970 bits per heavy atom. The maximum Gasteiger partial charge on any atom is 0.321 e. The average molecular weight is 461 g/mol. The number of nitrogens with zero attached hydrogens (tertiary/aromatic N) is 1. The summed E-state index contributed by atoms with van der Waals surface area (Å²) in [6.45, 7) is 4.31. The van der Waals surface area contributed by atoms with Crippen molar-refractivity contribution in [3.63, 3.8) is 0 Å². The van der Waals surface area contributed by atoms with Crippen LogP contribution in [0.25, 0.3) is 10.2 Å². The maximum absolute atomic E-state index is 12.8. The van der Waals surface area contributed by atoms with Gasteiger partial charge >= 0.3 is 6.03 Å². The summed E-state index contributed by atoms with van der Waals surface area (Å²) in [6, 6.07) is 18.3. The van der Waals surface area contributed by atoms with Crippen LogP contribution < -0.4 is 20.7 Å². The predicted molar refractivity (Wildman–Crippen MR) is 132 cm³/mol. The zero-order valence-electron chi connectivity index (χ0n) is 18.6. The summed E-state index contributed by atoms with van der Waals surface area (Å²) in [4.78, 5) is 29.5. The molecule has 7 nitrogen and oxygen atoms in total. The summed E-state index contributed by atoms with van der Waals surface area (Å²) in [5.74, 6) is 0.578. The summed E-state index contributed by atoms with van der Waals surface area (Å²) in [6.07, 6.45) is 0. The molecule has 0 atom stereocenters. The number of amides is 3. The molecule has 8 heteroatoms. The minimum Gasteiger partial charge on any atom is -0.497 e. The monoisotopic (exact) mass is 460 g/mol. The van der Waals surface area contributed by atoms with Crippen molar-refractivity contribution in [3.05, 3.63) is 82.9 Å². The Morgan fingerprint density at radius 3 is 2.39 bits per heavy atom. The molecule has 168 valence electrons. The molecule has 0 aliphatic rings. The molecule has 0 spiro atoms. The lowest BCUT2D eigenvalue weighted by Crippen LogP contribution is -2.28. The van der Waals surface area contributed by atoms with Crippen LogP contribution in [-0.2, 0) is 6.54 Å². The Kier molecular flexibility index (Phi) is 6.55. The minimum atomic E-state index is -0.349. The lowest BCUT2D eigenvalue weighted by atomic mass is 10.1. The second-order valence-corrected chi connectivity index (χ2v) is 8.61. The van der Waals surface area contributed by atoms with Crippen LogP contribution in [0.3, 0.4) is 0 Å². The second kappa shape index (κ2) is 9.70. The number of thiazole rings is 1. The van der Waals surface area contributed by atoms with Crippen LogP contribution in [-0.4, -0.2) is 24.0 Å². The number of fused-ring (bicyclic) bond motifs is 1. The molecule has 4 rings (SSSR count). The summed E-state index contributed by atoms with van der Waals surface area (Å²) in [5, 5.41) is 9.03. The van der Waals surface area contributed by atoms with Crippen molar-refractivity contribution in [3.8, 4) is 5.75 Å². The van der Waals surface area contributed by atoms with Crippen molar-refractivity contribution < 1.29 is 14.3 Å². The van der Waals surface area contributed by atoms with Gasteiger partial charge in [-0.25, -0.2) is 9.78 Å². The van der Waals surface area contributed by atoms with E-state index < -0.39 is 0 Å². The smallest absolute Gasteiger partial charge is 0.321 e. The highest BCUT2D eigenvalue weighted by atomic mass is 32.1. The molecule has 1 heterocycles. The number of methoxy groups -OCH3 is 1. The molecule has 0 aliphatic heterocycles. The van der Waals surface area contributed by atoms with Crippen LogP contribution in [0, 0.1) is 13.8 Å². The largest absolute Gasteiger partial charge is 0.497 e. The first-order valence-corrected chi connectivity index (χ1v) is 11.2. The van der Waals surface area contributed by atoms with Gasteiger partial charge in [0.05, 0.1) is 17.3 Å². The predicted octanol–water partition coefficient (Wildman–Crippen LogP) is 5.50. The molecule has 3 N–H and O–H groups in total. The minimum absolute atomic E-state index is 0.186. The van der Waals surface area contributed by atoms with Gasteiger partial charge in [-0.05, 0) is 60.9 Å². The van der Waals surface area contributed by atoms with Gasteiger partial charge in [-0.2, -0.15) is 0 Å². The van der Waals surface area contributed by atoms with E-state index in [-0.39, 0.29) is 11.9 Å². The molecule has 0 saturated heterocycles. The quantitative estimate of drug-likeness (QED) is 0.354. The Morgan fingerprint density at radius 2 is 1.70 bits per heavy atom. The number of rotatable bonds is 6. The molecule has 0 aliphatic carbocycles. The number of ether oxygens (including phenoxy) is 1. The van der Waals surface area contributed by atoms with Crippen LogP contribution >= 0.6 is 11.3 Å². The Labute approximate surface area is 195 Å². The van der Waals surface area contributed by atoms with Gasteiger partial charge in [0.2, 0.25) is 0 Å². The molecular weight excluding hydrogens is 436 g/mol. The highest BCUT2D eigenvalue weighted by molar-refractivity contribution is 7.22. The first-order valence-electron chi connectivity index (χ1n) is 10.4. The average Bonchev–Trinajstić information content (AvgIpc) is 3.21. The van der Waals surface area contributed by atoms with E-state index in [0.29, 0.717) is 22.8 Å². The van der Waals surface area contributed by atoms with Gasteiger partial charge in [0.15, 0.2) is 5.13 Å². The Balaban J connectivity index is 1.40. The first kappa shape index (κ1) is 22.3. The highest BCUT2D eigenvalue weighted by Gasteiger charge is 2.13. The van der Waals surface area contributed by atoms with Gasteiger partial charge in [0.1, 0.15) is 5.75 Å². The molecule has 4 aromatic rings. The SMILES string of the molecule is COc1ccc(CNC(=O)Nc2nc3ccc(C(=O)Nc4c(C)cccc4C)cc3s2)cc1. The number of anilines is 2. The van der Waals surface area contributed by atoms with Gasteiger partial charge in [0.25, 0.3) is 5.91 Å². The van der Waals surface area contributed by atoms with Crippen LogP contribution in [0.15, 0.2) is 60.7 Å². The number of urea groups is 1. The van der Waals surface area contributed by atoms with E-state index in [9.17, 15) is 9.59 Å². The van der Waals surface area contributed by atoms with Crippen molar-refractivity contribution in [1.29, 1.82) is 0 Å². The Hall–Kier alpha value is -3.91. The van der Waals surface area contributed by atoms with E-state index in [0.717, 1.165) is 32.8 Å². The van der Waals surface area contributed by atoms with Gasteiger partial charge < -0.3 is 15.4 Å². The number of aryl methyl sites for hydroxylation is 2. The lowest BCUT2D eigenvalue weighted by molar-refractivity contribution is 0.102. The first-order chi connectivity index (χ1) is 15.9. The fourth-order valence-corrected chi connectivity index (χ4v) is 4.28. The van der Waals surface area contributed by atoms with Gasteiger partial charge in [-0.3, -0.25) is 10.1 Å². The third-order valence-corrected chi connectivity index (χ3v) is 6.14. The van der Waals surface area contributed by atoms with Crippen LogP contribution in [0.5, 0.6) is 5.75 Å². The number of benzene rings is 3. The molecular formula is C25H24N4O3S. The standard InChI is InChI=1S/C25H24N4O3S/c1-15-5-4-6-16(2)22(15)28-23(30)18-9-12-20-21(13-18)33-25(27-20)29-24(31)26-14-17-7-10-19(32-3)11-8-17/h4-13H,14H2,1-3H3,(H,28,30)(H2,26,27,29,31). The second-order valence-electron chi connectivity index (χ2n) is 7.58. The normalized spacial score (nSPS) is 10.6. The molecule has 3 amide bonds. The van der Waals surface area contributed by atoms with E-state index >= 15 is 0 Å². The lowest BCUT2D eigenvalue weighted by Gasteiger charge is -2.11. The van der Waals surface area contributed by atoms with E-state index in [1.807, 2.05) is 56.3 Å². The zero-order valence-corrected chi connectivity index (χ0v) is 19.4. The number of nitrogens with one attached hydrogen (secondary N) is 3. The third kappa shape index (κ3) is 5.30. The molecule has 1 aromatic heterocycles. The van der Waals surface area contributed by atoms with Crippen LogP contribution in [0.2, 0.25) is 0 Å². The summed E-state index contributed by atoms with van der Waals surface area (Å²) in [7, 11) is 1.61. The number of carbonyl (C=O) groups is 2. The van der Waals surface area contributed by atoms with E-state index in [1.165, 1.54) is 11.3 Å². The van der Waals surface area contributed by atoms with E-state index in [2.05, 4.69) is 20.9 Å². The van der Waals surface area contributed by atoms with Crippen molar-refractivity contribution >= 4 is 44.3 Å². The summed E-state index contributed by atoms with van der Waals surface area (Å²) >= 11 is 1.32. The fraction of sp³-hybridized carbons (Fsp3) is 0.160. The van der Waals surface area contributed by atoms with Crippen molar-refractivity contribution in [2.45, 2.75) is 20.4 Å². The third-order valence-electron chi connectivity index (χ3n) is 5.20. The molecule has 0 unspecified atom stereocenters. The molecule has 0 bridgehead atoms. The van der Waals surface area contributed by atoms with Crippen molar-refractivity contribution in [2.75, 3.05) is 17.7 Å². The number of hydrogen-bond donors (Lipinski definition) is 3.